The Morgan fingerprint density at radius 2 is 2.17 bits per heavy atom. The Balaban J connectivity index is 3.11. The molecule has 1 heterocycles. The van der Waals surface area contributed by atoms with Gasteiger partial charge in [0.1, 0.15) is 6.29 Å². The smallest absolute Gasteiger partial charge is 0.130 e. The fourth-order valence-electron chi connectivity index (χ4n) is 0.832. The van der Waals surface area contributed by atoms with Crippen LogP contribution in [-0.2, 0) is 10.2 Å². The number of halogens is 1. The van der Waals surface area contributed by atoms with E-state index in [4.69, 9.17) is 0 Å². The fourth-order valence-corrected chi connectivity index (χ4v) is 1.20. The molecule has 0 fully saturated rings. The molecular weight excluding hydrogens is 218 g/mol. The molecule has 1 aromatic rings. The summed E-state index contributed by atoms with van der Waals surface area (Å²) in [4.78, 5) is 14.7. The van der Waals surface area contributed by atoms with Gasteiger partial charge in [0, 0.05) is 22.3 Å². The molecule has 2 nitrogen and oxygen atoms in total. The van der Waals surface area contributed by atoms with Crippen LogP contribution in [0.1, 0.15) is 19.4 Å². The first-order valence-electron chi connectivity index (χ1n) is 3.63. The van der Waals surface area contributed by atoms with E-state index in [1.807, 2.05) is 19.9 Å². The number of nitrogens with zero attached hydrogens (tertiary/aromatic N) is 1. The molecule has 0 amide bonds. The second-order valence-corrected chi connectivity index (χ2v) is 4.15. The average Bonchev–Trinajstić information content (AvgIpc) is 2.05. The van der Waals surface area contributed by atoms with Crippen molar-refractivity contribution >= 4 is 22.2 Å². The molecule has 0 aromatic carbocycles. The summed E-state index contributed by atoms with van der Waals surface area (Å²) < 4.78 is 0.898. The number of carbonyl (C=O) groups is 1. The van der Waals surface area contributed by atoms with Crippen molar-refractivity contribution < 1.29 is 4.79 Å². The van der Waals surface area contributed by atoms with E-state index in [1.54, 1.807) is 12.4 Å². The quantitative estimate of drug-likeness (QED) is 0.727. The second kappa shape index (κ2) is 3.35. The predicted octanol–water partition coefficient (Wildman–Crippen LogP) is 2.32. The van der Waals surface area contributed by atoms with Crippen molar-refractivity contribution in [3.8, 4) is 0 Å². The SMILES string of the molecule is CC(C)(C=O)c1cncc(Br)c1. The van der Waals surface area contributed by atoms with Crippen LogP contribution in [0.15, 0.2) is 22.9 Å². The van der Waals surface area contributed by atoms with Crippen LogP contribution < -0.4 is 0 Å². The van der Waals surface area contributed by atoms with Crippen molar-refractivity contribution in [1.29, 1.82) is 0 Å². The molecule has 1 rings (SSSR count). The molecule has 0 aliphatic heterocycles. The number of rotatable bonds is 2. The summed E-state index contributed by atoms with van der Waals surface area (Å²) in [5.41, 5.74) is 0.475. The van der Waals surface area contributed by atoms with Crippen LogP contribution in [-0.4, -0.2) is 11.3 Å². The first-order valence-corrected chi connectivity index (χ1v) is 4.43. The first-order chi connectivity index (χ1) is 5.56. The topological polar surface area (TPSA) is 30.0 Å². The van der Waals surface area contributed by atoms with Gasteiger partial charge in [0.2, 0.25) is 0 Å². The largest absolute Gasteiger partial charge is 0.302 e. The van der Waals surface area contributed by atoms with Crippen LogP contribution in [0.3, 0.4) is 0 Å². The Hall–Kier alpha value is -0.700. The Kier molecular flexibility index (Phi) is 2.62. The Morgan fingerprint density at radius 3 is 2.67 bits per heavy atom. The molecule has 0 bridgehead atoms. The monoisotopic (exact) mass is 227 g/mol. The molecule has 12 heavy (non-hydrogen) atoms. The van der Waals surface area contributed by atoms with Crippen LogP contribution in [0.2, 0.25) is 0 Å². The highest BCUT2D eigenvalue weighted by atomic mass is 79.9. The number of pyridine rings is 1. The minimum absolute atomic E-state index is 0.448. The molecule has 0 spiro atoms. The van der Waals surface area contributed by atoms with E-state index in [0.717, 1.165) is 16.3 Å². The van der Waals surface area contributed by atoms with Crippen molar-refractivity contribution in [2.24, 2.45) is 0 Å². The number of hydrogen-bond donors (Lipinski definition) is 0. The van der Waals surface area contributed by atoms with Crippen LogP contribution in [0.5, 0.6) is 0 Å². The maximum Gasteiger partial charge on any atom is 0.130 e. The zero-order valence-electron chi connectivity index (χ0n) is 7.04. The van der Waals surface area contributed by atoms with Gasteiger partial charge in [-0.05, 0) is 41.4 Å². The van der Waals surface area contributed by atoms with E-state index in [-0.39, 0.29) is 0 Å². The lowest BCUT2D eigenvalue weighted by atomic mass is 9.88. The molecule has 0 saturated heterocycles. The summed E-state index contributed by atoms with van der Waals surface area (Å²) in [5, 5.41) is 0. The number of aromatic nitrogens is 1. The zero-order chi connectivity index (χ0) is 9.19. The summed E-state index contributed by atoms with van der Waals surface area (Å²) in [6.07, 6.45) is 4.33. The van der Waals surface area contributed by atoms with Crippen molar-refractivity contribution in [2.75, 3.05) is 0 Å². The molecule has 0 unspecified atom stereocenters. The minimum atomic E-state index is -0.448. The molecule has 0 atom stereocenters. The number of hydrogen-bond acceptors (Lipinski definition) is 2. The van der Waals surface area contributed by atoms with E-state index in [1.165, 1.54) is 0 Å². The van der Waals surface area contributed by atoms with Gasteiger partial charge in [-0.1, -0.05) is 0 Å². The lowest BCUT2D eigenvalue weighted by molar-refractivity contribution is -0.111. The van der Waals surface area contributed by atoms with Gasteiger partial charge in [-0.15, -0.1) is 0 Å². The van der Waals surface area contributed by atoms with E-state index in [9.17, 15) is 4.79 Å². The first kappa shape index (κ1) is 9.39. The van der Waals surface area contributed by atoms with Crippen LogP contribution >= 0.6 is 15.9 Å². The maximum atomic E-state index is 10.7. The summed E-state index contributed by atoms with van der Waals surface area (Å²) >= 11 is 3.31. The maximum absolute atomic E-state index is 10.7. The highest BCUT2D eigenvalue weighted by Gasteiger charge is 2.19. The highest BCUT2D eigenvalue weighted by molar-refractivity contribution is 9.10. The van der Waals surface area contributed by atoms with Crippen LogP contribution in [0, 0.1) is 0 Å². The van der Waals surface area contributed by atoms with Gasteiger partial charge in [-0.3, -0.25) is 4.98 Å². The third-order valence-corrected chi connectivity index (χ3v) is 2.18. The van der Waals surface area contributed by atoms with E-state index in [2.05, 4.69) is 20.9 Å². The van der Waals surface area contributed by atoms with Crippen molar-refractivity contribution in [1.82, 2.24) is 4.98 Å². The number of aldehydes is 1. The molecule has 0 aliphatic rings. The zero-order valence-corrected chi connectivity index (χ0v) is 8.63. The molecule has 0 radical (unpaired) electrons. The highest BCUT2D eigenvalue weighted by Crippen LogP contribution is 2.22. The molecule has 0 N–H and O–H groups in total. The Bertz CT molecular complexity index is 296. The van der Waals surface area contributed by atoms with Gasteiger partial charge in [0.15, 0.2) is 0 Å². The lowest BCUT2D eigenvalue weighted by Gasteiger charge is -2.16. The van der Waals surface area contributed by atoms with Crippen molar-refractivity contribution in [3.05, 3.63) is 28.5 Å². The summed E-state index contributed by atoms with van der Waals surface area (Å²) in [5.74, 6) is 0. The summed E-state index contributed by atoms with van der Waals surface area (Å²) in [6.45, 7) is 3.73. The minimum Gasteiger partial charge on any atom is -0.302 e. The van der Waals surface area contributed by atoms with Gasteiger partial charge >= 0.3 is 0 Å². The van der Waals surface area contributed by atoms with Gasteiger partial charge in [-0.2, -0.15) is 0 Å². The van der Waals surface area contributed by atoms with Gasteiger partial charge < -0.3 is 4.79 Å². The molecule has 1 aromatic heterocycles. The molecule has 0 aliphatic carbocycles. The van der Waals surface area contributed by atoms with E-state index in [0.29, 0.717) is 0 Å². The standard InChI is InChI=1S/C9H10BrNO/c1-9(2,6-12)7-3-8(10)5-11-4-7/h3-6H,1-2H3. The van der Waals surface area contributed by atoms with Gasteiger partial charge in [-0.25, -0.2) is 0 Å². The average molecular weight is 228 g/mol. The third kappa shape index (κ3) is 1.91. The molecule has 0 saturated carbocycles. The summed E-state index contributed by atoms with van der Waals surface area (Å²) in [7, 11) is 0. The third-order valence-electron chi connectivity index (χ3n) is 1.74. The van der Waals surface area contributed by atoms with Gasteiger partial charge in [0.05, 0.1) is 0 Å². The predicted molar refractivity (Wildman–Crippen MR) is 51.0 cm³/mol. The van der Waals surface area contributed by atoms with E-state index >= 15 is 0 Å². The van der Waals surface area contributed by atoms with Gasteiger partial charge in [0.25, 0.3) is 0 Å². The normalized spacial score (nSPS) is 11.2. The molecule has 3 heteroatoms. The van der Waals surface area contributed by atoms with E-state index < -0.39 is 5.41 Å². The number of carbonyl (C=O) groups excluding carboxylic acids is 1. The lowest BCUT2D eigenvalue weighted by Crippen LogP contribution is -2.18. The molecular formula is C9H10BrNO. The van der Waals surface area contributed by atoms with Crippen molar-refractivity contribution in [2.45, 2.75) is 19.3 Å². The second-order valence-electron chi connectivity index (χ2n) is 3.23. The summed E-state index contributed by atoms with van der Waals surface area (Å²) in [6, 6.07) is 1.90. The Morgan fingerprint density at radius 1 is 1.50 bits per heavy atom. The fraction of sp³-hybridized carbons (Fsp3) is 0.333. The van der Waals surface area contributed by atoms with Crippen LogP contribution in [0.25, 0.3) is 0 Å². The Labute approximate surface area is 80.1 Å². The van der Waals surface area contributed by atoms with Crippen molar-refractivity contribution in [3.63, 3.8) is 0 Å². The van der Waals surface area contributed by atoms with Crippen LogP contribution in [0.4, 0.5) is 0 Å². The molecule has 64 valence electrons.